The molecule has 2 aliphatic rings. The molecule has 1 aliphatic heterocycles. The number of ether oxygens (including phenoxy) is 2. The van der Waals surface area contributed by atoms with Crippen LogP contribution in [0.4, 0.5) is 5.69 Å². The van der Waals surface area contributed by atoms with Crippen LogP contribution >= 0.6 is 23.1 Å². The van der Waals surface area contributed by atoms with Crippen molar-refractivity contribution in [2.45, 2.75) is 56.7 Å². The Morgan fingerprint density at radius 1 is 1.35 bits per heavy atom. The highest BCUT2D eigenvalue weighted by atomic mass is 32.2. The van der Waals surface area contributed by atoms with E-state index in [-0.39, 0.29) is 24.6 Å². The summed E-state index contributed by atoms with van der Waals surface area (Å²) < 4.78 is 12.7. The molecule has 162 valence electrons. The molecule has 3 heterocycles. The van der Waals surface area contributed by atoms with Crippen molar-refractivity contribution in [1.29, 1.82) is 0 Å². The monoisotopic (exact) mass is 459 g/mol. The quantitative estimate of drug-likeness (QED) is 0.233. The van der Waals surface area contributed by atoms with Crippen molar-refractivity contribution in [3.8, 4) is 5.75 Å². The zero-order valence-electron chi connectivity index (χ0n) is 17.0. The number of aryl methyl sites for hydroxylation is 2. The van der Waals surface area contributed by atoms with Crippen LogP contribution in [-0.4, -0.2) is 21.3 Å². The Labute approximate surface area is 186 Å². The average Bonchev–Trinajstić information content (AvgIpc) is 3.35. The number of non-ortho nitro benzene ring substituents is 1. The van der Waals surface area contributed by atoms with E-state index in [4.69, 9.17) is 14.5 Å². The second kappa shape index (κ2) is 8.25. The van der Waals surface area contributed by atoms with Crippen molar-refractivity contribution in [2.75, 3.05) is 6.79 Å². The molecule has 31 heavy (non-hydrogen) atoms. The van der Waals surface area contributed by atoms with Crippen molar-refractivity contribution >= 4 is 39.0 Å². The lowest BCUT2D eigenvalue weighted by molar-refractivity contribution is -0.385. The normalized spacial score (nSPS) is 15.0. The first-order chi connectivity index (χ1) is 15.1. The van der Waals surface area contributed by atoms with Crippen molar-refractivity contribution < 1.29 is 14.4 Å². The summed E-state index contributed by atoms with van der Waals surface area (Å²) in [4.78, 5) is 31.2. The van der Waals surface area contributed by atoms with E-state index < -0.39 is 4.92 Å². The van der Waals surface area contributed by atoms with Gasteiger partial charge in [0.05, 0.1) is 16.9 Å². The third kappa shape index (κ3) is 3.62. The first-order valence-electron chi connectivity index (χ1n) is 10.3. The Morgan fingerprint density at radius 3 is 3.03 bits per heavy atom. The molecule has 10 heteroatoms. The third-order valence-corrected chi connectivity index (χ3v) is 7.79. The number of hydrogen-bond acceptors (Lipinski definition) is 8. The number of nitro benzene ring substituents is 1. The fourth-order valence-electron chi connectivity index (χ4n) is 4.22. The van der Waals surface area contributed by atoms with Crippen LogP contribution in [0.1, 0.15) is 41.3 Å². The van der Waals surface area contributed by atoms with Gasteiger partial charge >= 0.3 is 0 Å². The molecule has 0 unspecified atom stereocenters. The van der Waals surface area contributed by atoms with E-state index in [1.807, 2.05) is 6.92 Å². The van der Waals surface area contributed by atoms with Crippen LogP contribution in [-0.2, 0) is 36.5 Å². The summed E-state index contributed by atoms with van der Waals surface area (Å²) >= 11 is 3.04. The average molecular weight is 460 g/mol. The number of benzene rings is 1. The highest BCUT2D eigenvalue weighted by Gasteiger charge is 2.25. The molecule has 5 rings (SSSR count). The molecule has 0 saturated carbocycles. The number of thioether (sulfide) groups is 1. The first kappa shape index (κ1) is 20.5. The van der Waals surface area contributed by atoms with Gasteiger partial charge in [-0.2, -0.15) is 0 Å². The lowest BCUT2D eigenvalue weighted by Crippen LogP contribution is -2.23. The number of rotatable bonds is 6. The van der Waals surface area contributed by atoms with E-state index in [1.165, 1.54) is 34.3 Å². The zero-order valence-corrected chi connectivity index (χ0v) is 18.6. The number of thiophene rings is 1. The van der Waals surface area contributed by atoms with Crippen LogP contribution < -0.4 is 10.3 Å². The van der Waals surface area contributed by atoms with Crippen LogP contribution in [0.25, 0.3) is 10.2 Å². The van der Waals surface area contributed by atoms with Crippen molar-refractivity contribution in [1.82, 2.24) is 9.55 Å². The van der Waals surface area contributed by atoms with Gasteiger partial charge in [-0.25, -0.2) is 4.98 Å². The fraction of sp³-hybridized carbons (Fsp3) is 0.429. The molecule has 2 aromatic heterocycles. The molecular formula is C21H21N3O5S2. The second-order valence-corrected chi connectivity index (χ2v) is 9.66. The van der Waals surface area contributed by atoms with Gasteiger partial charge in [0.15, 0.2) is 11.9 Å². The summed E-state index contributed by atoms with van der Waals surface area (Å²) in [6, 6.07) is 3.03. The minimum atomic E-state index is -0.409. The number of nitro groups is 1. The largest absolute Gasteiger partial charge is 0.467 e. The summed E-state index contributed by atoms with van der Waals surface area (Å²) in [6.45, 7) is 3.02. The summed E-state index contributed by atoms with van der Waals surface area (Å²) in [5, 5.41) is 12.8. The molecule has 0 bridgehead atoms. The third-order valence-electron chi connectivity index (χ3n) is 5.58. The molecular weight excluding hydrogens is 438 g/mol. The van der Waals surface area contributed by atoms with Gasteiger partial charge in [0, 0.05) is 40.4 Å². The molecule has 0 radical (unpaired) electrons. The van der Waals surface area contributed by atoms with Gasteiger partial charge < -0.3 is 9.47 Å². The van der Waals surface area contributed by atoms with E-state index in [0.29, 0.717) is 34.3 Å². The minimum absolute atomic E-state index is 0.00694. The molecule has 1 aromatic carbocycles. The SMILES string of the molecule is CCCn1c(SCc2cc([N+](=O)[O-])cc3c2OCOC3)nc2sc3c(c2c1=O)CCC3. The summed E-state index contributed by atoms with van der Waals surface area (Å²) in [6.07, 6.45) is 3.89. The van der Waals surface area contributed by atoms with Crippen molar-refractivity contribution in [2.24, 2.45) is 0 Å². The number of fused-ring (bicyclic) bond motifs is 4. The Bertz CT molecular complexity index is 1250. The maximum atomic E-state index is 13.3. The van der Waals surface area contributed by atoms with Crippen LogP contribution in [0.2, 0.25) is 0 Å². The Morgan fingerprint density at radius 2 is 2.23 bits per heavy atom. The van der Waals surface area contributed by atoms with Gasteiger partial charge in [-0.1, -0.05) is 18.7 Å². The van der Waals surface area contributed by atoms with Gasteiger partial charge in [0.1, 0.15) is 10.6 Å². The molecule has 0 N–H and O–H groups in total. The van der Waals surface area contributed by atoms with E-state index in [0.717, 1.165) is 35.9 Å². The van der Waals surface area contributed by atoms with E-state index in [1.54, 1.807) is 15.9 Å². The van der Waals surface area contributed by atoms with Crippen LogP contribution in [0.15, 0.2) is 22.1 Å². The first-order valence-corrected chi connectivity index (χ1v) is 12.1. The fourth-order valence-corrected chi connectivity index (χ4v) is 6.52. The van der Waals surface area contributed by atoms with Gasteiger partial charge in [-0.05, 0) is 31.2 Å². The van der Waals surface area contributed by atoms with Crippen molar-refractivity contribution in [3.05, 3.63) is 54.2 Å². The Balaban J connectivity index is 1.54. The molecule has 0 saturated heterocycles. The maximum Gasteiger partial charge on any atom is 0.270 e. The lowest BCUT2D eigenvalue weighted by Gasteiger charge is -2.20. The molecule has 0 fully saturated rings. The number of hydrogen-bond donors (Lipinski definition) is 0. The van der Waals surface area contributed by atoms with Gasteiger partial charge in [-0.15, -0.1) is 11.3 Å². The molecule has 0 amide bonds. The lowest BCUT2D eigenvalue weighted by atomic mass is 10.1. The maximum absolute atomic E-state index is 13.3. The second-order valence-electron chi connectivity index (χ2n) is 7.64. The zero-order chi connectivity index (χ0) is 21.5. The van der Waals surface area contributed by atoms with Gasteiger partial charge in [0.25, 0.3) is 11.2 Å². The minimum Gasteiger partial charge on any atom is -0.467 e. The van der Waals surface area contributed by atoms with Crippen molar-refractivity contribution in [3.63, 3.8) is 0 Å². The molecule has 0 spiro atoms. The van der Waals surface area contributed by atoms with E-state index in [9.17, 15) is 14.9 Å². The van der Waals surface area contributed by atoms with Crippen LogP contribution in [0, 0.1) is 10.1 Å². The molecule has 3 aromatic rings. The molecule has 1 aliphatic carbocycles. The number of aromatic nitrogens is 2. The summed E-state index contributed by atoms with van der Waals surface area (Å²) in [5.74, 6) is 1.04. The van der Waals surface area contributed by atoms with E-state index >= 15 is 0 Å². The predicted octanol–water partition coefficient (Wildman–Crippen LogP) is 4.42. The molecule has 8 nitrogen and oxygen atoms in total. The smallest absolute Gasteiger partial charge is 0.270 e. The van der Waals surface area contributed by atoms with E-state index in [2.05, 4.69) is 0 Å². The Hall–Kier alpha value is -2.43. The highest BCUT2D eigenvalue weighted by molar-refractivity contribution is 7.98. The number of nitrogens with zero attached hydrogens (tertiary/aromatic N) is 3. The highest BCUT2D eigenvalue weighted by Crippen LogP contribution is 2.38. The molecule has 0 atom stereocenters. The summed E-state index contributed by atoms with van der Waals surface area (Å²) in [5.41, 5.74) is 2.59. The predicted molar refractivity (Wildman–Crippen MR) is 119 cm³/mol. The van der Waals surface area contributed by atoms with Crippen LogP contribution in [0.5, 0.6) is 5.75 Å². The summed E-state index contributed by atoms with van der Waals surface area (Å²) in [7, 11) is 0. The van der Waals surface area contributed by atoms with Gasteiger partial charge in [0.2, 0.25) is 0 Å². The van der Waals surface area contributed by atoms with Gasteiger partial charge in [-0.3, -0.25) is 19.5 Å². The topological polar surface area (TPSA) is 96.5 Å². The van der Waals surface area contributed by atoms with Crippen LogP contribution in [0.3, 0.4) is 0 Å². The standard InChI is InChI=1S/C21H21N3O5S2/c1-2-6-23-20(25)17-15-4-3-5-16(15)31-19(17)22-21(23)30-10-13-8-14(24(26)27)7-12-9-28-11-29-18(12)13/h7-8H,2-6,9-11H2,1H3. The Kier molecular flexibility index (Phi) is 5.45.